The van der Waals surface area contributed by atoms with Crippen LogP contribution in [0.2, 0.25) is 0 Å². The molecule has 3 nitrogen and oxygen atoms in total. The standard InChI is InChI=1S/C10H23NO2/c1-4-5-11(6-7-12)8-10(2,3)9-13/h12-13H,4-9H2,1-3H3. The van der Waals surface area contributed by atoms with Gasteiger partial charge in [0, 0.05) is 25.1 Å². The molecular weight excluding hydrogens is 166 g/mol. The van der Waals surface area contributed by atoms with Crippen LogP contribution < -0.4 is 0 Å². The van der Waals surface area contributed by atoms with Gasteiger partial charge in [0.1, 0.15) is 0 Å². The van der Waals surface area contributed by atoms with Crippen LogP contribution in [0.4, 0.5) is 0 Å². The smallest absolute Gasteiger partial charge is 0.0558 e. The molecule has 2 N–H and O–H groups in total. The Kier molecular flexibility index (Phi) is 6.29. The normalized spacial score (nSPS) is 12.5. The van der Waals surface area contributed by atoms with Gasteiger partial charge in [0.15, 0.2) is 0 Å². The van der Waals surface area contributed by atoms with Crippen molar-refractivity contribution in [3.05, 3.63) is 0 Å². The Morgan fingerprint density at radius 3 is 2.15 bits per heavy atom. The van der Waals surface area contributed by atoms with E-state index in [1.54, 1.807) is 0 Å². The highest BCUT2D eigenvalue weighted by atomic mass is 16.3. The summed E-state index contributed by atoms with van der Waals surface area (Å²) in [6.45, 7) is 9.12. The van der Waals surface area contributed by atoms with Gasteiger partial charge in [-0.1, -0.05) is 20.8 Å². The average molecular weight is 189 g/mol. The van der Waals surface area contributed by atoms with Gasteiger partial charge in [-0.25, -0.2) is 0 Å². The maximum Gasteiger partial charge on any atom is 0.0558 e. The monoisotopic (exact) mass is 189 g/mol. The third kappa shape index (κ3) is 6.02. The molecular formula is C10H23NO2. The summed E-state index contributed by atoms with van der Waals surface area (Å²) in [6.07, 6.45) is 1.08. The van der Waals surface area contributed by atoms with Crippen LogP contribution in [0.1, 0.15) is 27.2 Å². The van der Waals surface area contributed by atoms with Crippen LogP contribution >= 0.6 is 0 Å². The number of nitrogens with zero attached hydrogens (tertiary/aromatic N) is 1. The summed E-state index contributed by atoms with van der Waals surface area (Å²) >= 11 is 0. The Hall–Kier alpha value is -0.120. The molecule has 0 bridgehead atoms. The lowest BCUT2D eigenvalue weighted by molar-refractivity contribution is 0.0912. The molecule has 0 unspecified atom stereocenters. The molecule has 3 heteroatoms. The zero-order chi connectivity index (χ0) is 10.3. The fraction of sp³-hybridized carbons (Fsp3) is 1.00. The quantitative estimate of drug-likeness (QED) is 0.620. The van der Waals surface area contributed by atoms with Crippen molar-refractivity contribution in [2.75, 3.05) is 32.8 Å². The van der Waals surface area contributed by atoms with Crippen molar-refractivity contribution >= 4 is 0 Å². The molecule has 0 aliphatic heterocycles. The molecule has 0 rings (SSSR count). The SMILES string of the molecule is CCCN(CCO)CC(C)(C)CO. The predicted octanol–water partition coefficient (Wildman–Crippen LogP) is 0.709. The lowest BCUT2D eigenvalue weighted by atomic mass is 9.94. The second-order valence-corrected chi connectivity index (χ2v) is 4.32. The van der Waals surface area contributed by atoms with Crippen molar-refractivity contribution in [3.63, 3.8) is 0 Å². The van der Waals surface area contributed by atoms with Crippen molar-refractivity contribution in [2.45, 2.75) is 27.2 Å². The Morgan fingerprint density at radius 2 is 1.77 bits per heavy atom. The first kappa shape index (κ1) is 12.9. The second kappa shape index (κ2) is 6.35. The van der Waals surface area contributed by atoms with Gasteiger partial charge in [0.25, 0.3) is 0 Å². The van der Waals surface area contributed by atoms with Gasteiger partial charge in [-0.15, -0.1) is 0 Å². The minimum absolute atomic E-state index is 0.0651. The number of hydrogen-bond donors (Lipinski definition) is 2. The fourth-order valence-electron chi connectivity index (χ4n) is 1.38. The van der Waals surface area contributed by atoms with Crippen molar-refractivity contribution in [3.8, 4) is 0 Å². The van der Waals surface area contributed by atoms with Gasteiger partial charge < -0.3 is 15.1 Å². The van der Waals surface area contributed by atoms with E-state index < -0.39 is 0 Å². The third-order valence-corrected chi connectivity index (χ3v) is 2.04. The van der Waals surface area contributed by atoms with Crippen LogP contribution in [-0.4, -0.2) is 48.0 Å². The lowest BCUT2D eigenvalue weighted by Gasteiger charge is -2.30. The molecule has 0 heterocycles. The van der Waals surface area contributed by atoms with Crippen molar-refractivity contribution in [2.24, 2.45) is 5.41 Å². The van der Waals surface area contributed by atoms with Crippen LogP contribution in [0.15, 0.2) is 0 Å². The first-order valence-corrected chi connectivity index (χ1v) is 5.00. The van der Waals surface area contributed by atoms with E-state index in [-0.39, 0.29) is 18.6 Å². The summed E-state index contributed by atoms with van der Waals surface area (Å²) in [6, 6.07) is 0. The maximum atomic E-state index is 9.09. The van der Waals surface area contributed by atoms with Crippen molar-refractivity contribution in [1.29, 1.82) is 0 Å². The van der Waals surface area contributed by atoms with Crippen molar-refractivity contribution < 1.29 is 10.2 Å². The molecule has 0 aliphatic carbocycles. The van der Waals surface area contributed by atoms with Crippen LogP contribution in [0.3, 0.4) is 0 Å². The van der Waals surface area contributed by atoms with Crippen LogP contribution in [0, 0.1) is 5.41 Å². The molecule has 13 heavy (non-hydrogen) atoms. The van der Waals surface area contributed by atoms with E-state index in [9.17, 15) is 0 Å². The molecule has 0 aromatic rings. The maximum absolute atomic E-state index is 9.09. The lowest BCUT2D eigenvalue weighted by Crippen LogP contribution is -2.38. The Labute approximate surface area is 81.4 Å². The molecule has 0 aromatic carbocycles. The van der Waals surface area contributed by atoms with E-state index in [0.717, 1.165) is 19.5 Å². The van der Waals surface area contributed by atoms with Gasteiger partial charge >= 0.3 is 0 Å². The van der Waals surface area contributed by atoms with Crippen LogP contribution in [0.25, 0.3) is 0 Å². The highest BCUT2D eigenvalue weighted by Gasteiger charge is 2.19. The van der Waals surface area contributed by atoms with Crippen LogP contribution in [0.5, 0.6) is 0 Å². The Morgan fingerprint density at radius 1 is 1.15 bits per heavy atom. The molecule has 0 saturated heterocycles. The first-order valence-electron chi connectivity index (χ1n) is 5.00. The van der Waals surface area contributed by atoms with E-state index in [1.165, 1.54) is 0 Å². The first-order chi connectivity index (χ1) is 6.05. The van der Waals surface area contributed by atoms with Crippen LogP contribution in [-0.2, 0) is 0 Å². The summed E-state index contributed by atoms with van der Waals surface area (Å²) in [5, 5.41) is 17.9. The summed E-state index contributed by atoms with van der Waals surface area (Å²) in [4.78, 5) is 2.19. The zero-order valence-electron chi connectivity index (χ0n) is 9.08. The van der Waals surface area contributed by atoms with Gasteiger partial charge in [0.2, 0.25) is 0 Å². The number of hydrogen-bond acceptors (Lipinski definition) is 3. The molecule has 0 radical (unpaired) electrons. The molecule has 0 saturated carbocycles. The topological polar surface area (TPSA) is 43.7 Å². The minimum Gasteiger partial charge on any atom is -0.396 e. The minimum atomic E-state index is -0.0651. The molecule has 80 valence electrons. The zero-order valence-corrected chi connectivity index (χ0v) is 9.08. The Bertz CT molecular complexity index is 120. The van der Waals surface area contributed by atoms with Crippen molar-refractivity contribution in [1.82, 2.24) is 4.90 Å². The predicted molar refractivity (Wildman–Crippen MR) is 54.7 cm³/mol. The molecule has 0 atom stereocenters. The molecule has 0 amide bonds. The van der Waals surface area contributed by atoms with Gasteiger partial charge in [0.05, 0.1) is 6.61 Å². The molecule has 0 aromatic heterocycles. The second-order valence-electron chi connectivity index (χ2n) is 4.32. The summed E-state index contributed by atoms with van der Waals surface area (Å²) in [7, 11) is 0. The van der Waals surface area contributed by atoms with E-state index in [2.05, 4.69) is 11.8 Å². The Balaban J connectivity index is 3.92. The third-order valence-electron chi connectivity index (χ3n) is 2.04. The molecule has 0 aliphatic rings. The molecule has 0 spiro atoms. The highest BCUT2D eigenvalue weighted by molar-refractivity contribution is 4.72. The number of rotatable bonds is 7. The van der Waals surface area contributed by atoms with Gasteiger partial charge in [-0.05, 0) is 13.0 Å². The summed E-state index contributed by atoms with van der Waals surface area (Å²) < 4.78 is 0. The van der Waals surface area contributed by atoms with E-state index in [0.29, 0.717) is 6.54 Å². The fourth-order valence-corrected chi connectivity index (χ4v) is 1.38. The summed E-state index contributed by atoms with van der Waals surface area (Å²) in [5.41, 5.74) is -0.0651. The largest absolute Gasteiger partial charge is 0.396 e. The highest BCUT2D eigenvalue weighted by Crippen LogP contribution is 2.15. The van der Waals surface area contributed by atoms with E-state index in [1.807, 2.05) is 13.8 Å². The average Bonchev–Trinajstić information content (AvgIpc) is 2.05. The number of aliphatic hydroxyl groups excluding tert-OH is 2. The van der Waals surface area contributed by atoms with E-state index >= 15 is 0 Å². The number of aliphatic hydroxyl groups is 2. The molecule has 0 fully saturated rings. The summed E-state index contributed by atoms with van der Waals surface area (Å²) in [5.74, 6) is 0. The van der Waals surface area contributed by atoms with E-state index in [4.69, 9.17) is 10.2 Å². The van der Waals surface area contributed by atoms with Gasteiger partial charge in [-0.3, -0.25) is 0 Å². The van der Waals surface area contributed by atoms with Gasteiger partial charge in [-0.2, -0.15) is 0 Å².